The first-order valence-electron chi connectivity index (χ1n) is 8.06. The van der Waals surface area contributed by atoms with E-state index in [1.165, 1.54) is 23.7 Å². The maximum atomic E-state index is 4.67. The summed E-state index contributed by atoms with van der Waals surface area (Å²) < 4.78 is 0. The fourth-order valence-corrected chi connectivity index (χ4v) is 3.66. The van der Waals surface area contributed by atoms with Gasteiger partial charge in [-0.15, -0.1) is 11.3 Å². The molecule has 3 heterocycles. The van der Waals surface area contributed by atoms with Crippen LogP contribution in [0.15, 0.2) is 23.6 Å². The molecule has 0 spiro atoms. The van der Waals surface area contributed by atoms with Gasteiger partial charge in [0, 0.05) is 30.7 Å². The molecule has 0 aliphatic carbocycles. The number of anilines is 1. The van der Waals surface area contributed by atoms with Crippen LogP contribution < -0.4 is 5.32 Å². The van der Waals surface area contributed by atoms with Crippen LogP contribution in [0.5, 0.6) is 0 Å². The topological polar surface area (TPSA) is 41.1 Å². The molecule has 1 saturated heterocycles. The van der Waals surface area contributed by atoms with Crippen molar-refractivity contribution < 1.29 is 0 Å². The summed E-state index contributed by atoms with van der Waals surface area (Å²) in [5, 5.41) is 6.93. The number of aromatic nitrogens is 2. The summed E-state index contributed by atoms with van der Waals surface area (Å²) in [5.41, 5.74) is 2.30. The average molecular weight is 316 g/mol. The maximum absolute atomic E-state index is 4.67. The molecule has 2 aromatic rings. The number of rotatable bonds is 6. The third-order valence-corrected chi connectivity index (χ3v) is 5.16. The molecule has 0 aromatic carbocycles. The van der Waals surface area contributed by atoms with Crippen LogP contribution in [0.3, 0.4) is 0 Å². The van der Waals surface area contributed by atoms with E-state index >= 15 is 0 Å². The molecule has 22 heavy (non-hydrogen) atoms. The predicted octanol–water partition coefficient (Wildman–Crippen LogP) is 3.34. The van der Waals surface area contributed by atoms with Crippen LogP contribution in [0.25, 0.3) is 0 Å². The van der Waals surface area contributed by atoms with E-state index in [1.807, 2.05) is 19.1 Å². The van der Waals surface area contributed by atoms with Gasteiger partial charge in [-0.1, -0.05) is 13.0 Å². The lowest BCUT2D eigenvalue weighted by Crippen LogP contribution is -2.23. The van der Waals surface area contributed by atoms with Gasteiger partial charge in [0.05, 0.1) is 10.7 Å². The fraction of sp³-hybridized carbons (Fsp3) is 0.529. The van der Waals surface area contributed by atoms with Crippen LogP contribution in [-0.2, 0) is 13.0 Å². The van der Waals surface area contributed by atoms with Crippen molar-refractivity contribution >= 4 is 17.2 Å². The molecule has 0 unspecified atom stereocenters. The zero-order valence-electron chi connectivity index (χ0n) is 13.4. The quantitative estimate of drug-likeness (QED) is 0.887. The number of likely N-dealkylation sites (tertiary alicyclic amines) is 1. The molecule has 5 heteroatoms. The highest BCUT2D eigenvalue weighted by Gasteiger charge is 2.22. The Morgan fingerprint density at radius 3 is 3.05 bits per heavy atom. The number of pyridine rings is 1. The van der Waals surface area contributed by atoms with Crippen molar-refractivity contribution in [1.29, 1.82) is 0 Å². The molecule has 0 amide bonds. The third-order valence-electron chi connectivity index (χ3n) is 4.12. The highest BCUT2D eigenvalue weighted by atomic mass is 32.1. The summed E-state index contributed by atoms with van der Waals surface area (Å²) in [6.45, 7) is 8.52. The van der Waals surface area contributed by atoms with Crippen molar-refractivity contribution in [2.45, 2.75) is 33.2 Å². The number of nitrogens with one attached hydrogen (secondary N) is 1. The van der Waals surface area contributed by atoms with Gasteiger partial charge in [-0.05, 0) is 44.4 Å². The third kappa shape index (κ3) is 4.05. The number of aryl methyl sites for hydroxylation is 2. The molecule has 1 aliphatic rings. The van der Waals surface area contributed by atoms with Crippen molar-refractivity contribution in [2.24, 2.45) is 5.92 Å². The monoisotopic (exact) mass is 316 g/mol. The lowest BCUT2D eigenvalue weighted by molar-refractivity contribution is 0.315. The molecule has 4 nitrogen and oxygen atoms in total. The second-order valence-corrected chi connectivity index (χ2v) is 6.96. The van der Waals surface area contributed by atoms with E-state index in [1.54, 1.807) is 11.3 Å². The van der Waals surface area contributed by atoms with Crippen molar-refractivity contribution in [3.05, 3.63) is 40.0 Å². The average Bonchev–Trinajstić information content (AvgIpc) is 3.15. The Kier molecular flexibility index (Phi) is 5.05. The van der Waals surface area contributed by atoms with Crippen molar-refractivity contribution in [3.63, 3.8) is 0 Å². The smallest absolute Gasteiger partial charge is 0.126 e. The van der Waals surface area contributed by atoms with E-state index in [2.05, 4.69) is 38.6 Å². The van der Waals surface area contributed by atoms with Crippen LogP contribution in [-0.4, -0.2) is 34.5 Å². The van der Waals surface area contributed by atoms with Gasteiger partial charge < -0.3 is 5.32 Å². The summed E-state index contributed by atoms with van der Waals surface area (Å²) in [7, 11) is 0. The molecule has 3 rings (SSSR count). The molecule has 1 N–H and O–H groups in total. The molecule has 2 aromatic heterocycles. The van der Waals surface area contributed by atoms with E-state index in [0.29, 0.717) is 5.92 Å². The second-order valence-electron chi connectivity index (χ2n) is 6.02. The zero-order chi connectivity index (χ0) is 15.4. The second kappa shape index (κ2) is 7.20. The molecule has 0 radical (unpaired) electrons. The molecule has 0 bridgehead atoms. The molecule has 118 valence electrons. The van der Waals surface area contributed by atoms with Crippen LogP contribution in [0, 0.1) is 12.8 Å². The minimum absolute atomic E-state index is 0.701. The number of hydrogen-bond donors (Lipinski definition) is 1. The SMILES string of the molecule is CCc1nc(CN2CC[C@@H](CNc3cccc(C)n3)C2)cs1. The molecular weight excluding hydrogens is 292 g/mol. The molecule has 1 aliphatic heterocycles. The van der Waals surface area contributed by atoms with Gasteiger partial charge in [-0.25, -0.2) is 9.97 Å². The van der Waals surface area contributed by atoms with Gasteiger partial charge in [0.1, 0.15) is 5.82 Å². The minimum atomic E-state index is 0.701. The lowest BCUT2D eigenvalue weighted by Gasteiger charge is -2.15. The van der Waals surface area contributed by atoms with Gasteiger partial charge in [-0.3, -0.25) is 4.90 Å². The van der Waals surface area contributed by atoms with E-state index in [0.717, 1.165) is 37.6 Å². The Morgan fingerprint density at radius 2 is 2.27 bits per heavy atom. The predicted molar refractivity (Wildman–Crippen MR) is 92.3 cm³/mol. The largest absolute Gasteiger partial charge is 0.370 e. The molecule has 1 atom stereocenters. The molecule has 1 fully saturated rings. The summed E-state index contributed by atoms with van der Waals surface area (Å²) in [5.74, 6) is 1.69. The first-order valence-corrected chi connectivity index (χ1v) is 8.94. The maximum Gasteiger partial charge on any atom is 0.126 e. The standard InChI is InChI=1S/C17H24N4S/c1-3-17-20-15(12-22-17)11-21-8-7-14(10-21)9-18-16-6-4-5-13(2)19-16/h4-6,12,14H,3,7-11H2,1-2H3,(H,18,19)/t14-/m0/s1. The Balaban J connectivity index is 1.46. The minimum Gasteiger partial charge on any atom is -0.370 e. The first kappa shape index (κ1) is 15.4. The van der Waals surface area contributed by atoms with E-state index in [-0.39, 0.29) is 0 Å². The van der Waals surface area contributed by atoms with Crippen LogP contribution in [0.2, 0.25) is 0 Å². The number of nitrogens with zero attached hydrogens (tertiary/aromatic N) is 3. The normalized spacial score (nSPS) is 18.7. The Labute approximate surface area is 136 Å². The van der Waals surface area contributed by atoms with Gasteiger partial charge >= 0.3 is 0 Å². The highest BCUT2D eigenvalue weighted by Crippen LogP contribution is 2.20. The first-order chi connectivity index (χ1) is 10.7. The van der Waals surface area contributed by atoms with Crippen molar-refractivity contribution in [1.82, 2.24) is 14.9 Å². The van der Waals surface area contributed by atoms with Gasteiger partial charge in [-0.2, -0.15) is 0 Å². The van der Waals surface area contributed by atoms with E-state index < -0.39 is 0 Å². The summed E-state index contributed by atoms with van der Waals surface area (Å²) >= 11 is 1.78. The van der Waals surface area contributed by atoms with E-state index in [4.69, 9.17) is 0 Å². The fourth-order valence-electron chi connectivity index (χ4n) is 2.93. The lowest BCUT2D eigenvalue weighted by atomic mass is 10.1. The van der Waals surface area contributed by atoms with E-state index in [9.17, 15) is 0 Å². The van der Waals surface area contributed by atoms with Crippen molar-refractivity contribution in [3.8, 4) is 0 Å². The Bertz CT molecular complexity index is 610. The van der Waals surface area contributed by atoms with Crippen LogP contribution in [0.1, 0.15) is 29.7 Å². The summed E-state index contributed by atoms with van der Waals surface area (Å²) in [6, 6.07) is 6.13. The van der Waals surface area contributed by atoms with Crippen molar-refractivity contribution in [2.75, 3.05) is 25.0 Å². The number of hydrogen-bond acceptors (Lipinski definition) is 5. The van der Waals surface area contributed by atoms with Gasteiger partial charge in [0.2, 0.25) is 0 Å². The zero-order valence-corrected chi connectivity index (χ0v) is 14.2. The number of thiazole rings is 1. The molecule has 0 saturated carbocycles. The Hall–Kier alpha value is -1.46. The Morgan fingerprint density at radius 1 is 1.36 bits per heavy atom. The highest BCUT2D eigenvalue weighted by molar-refractivity contribution is 7.09. The van der Waals surface area contributed by atoms with Crippen LogP contribution >= 0.6 is 11.3 Å². The molecular formula is C17H24N4S. The summed E-state index contributed by atoms with van der Waals surface area (Å²) in [4.78, 5) is 11.7. The van der Waals surface area contributed by atoms with Gasteiger partial charge in [0.15, 0.2) is 0 Å². The van der Waals surface area contributed by atoms with Gasteiger partial charge in [0.25, 0.3) is 0 Å². The summed E-state index contributed by atoms with van der Waals surface area (Å²) in [6.07, 6.45) is 2.30. The van der Waals surface area contributed by atoms with Crippen LogP contribution in [0.4, 0.5) is 5.82 Å².